The lowest BCUT2D eigenvalue weighted by molar-refractivity contribution is -0.121. The standard InChI is InChI=1S/C21H25N3O3/c1-15(2)26-14-6-13-22-19(25)11-12-20-23-21(24-27-20)18-10-5-8-16-7-3-4-9-17(16)18/h3-5,7-10,15H,6,11-14H2,1-2H3,(H,22,25). The molecule has 0 atom stereocenters. The third-order valence-corrected chi connectivity index (χ3v) is 4.16. The van der Waals surface area contributed by atoms with Gasteiger partial charge in [-0.05, 0) is 31.0 Å². The van der Waals surface area contributed by atoms with E-state index in [4.69, 9.17) is 9.26 Å². The molecule has 6 nitrogen and oxygen atoms in total. The average Bonchev–Trinajstić information content (AvgIpc) is 3.14. The normalized spacial score (nSPS) is 11.2. The Bertz CT molecular complexity index is 884. The lowest BCUT2D eigenvalue weighted by Gasteiger charge is -2.07. The molecule has 0 saturated carbocycles. The Balaban J connectivity index is 1.52. The van der Waals surface area contributed by atoms with Crippen LogP contribution in [0.15, 0.2) is 47.0 Å². The van der Waals surface area contributed by atoms with Crippen LogP contribution in [-0.4, -0.2) is 35.3 Å². The molecule has 3 aromatic rings. The summed E-state index contributed by atoms with van der Waals surface area (Å²) in [5, 5.41) is 9.17. The summed E-state index contributed by atoms with van der Waals surface area (Å²) < 4.78 is 10.8. The van der Waals surface area contributed by atoms with Gasteiger partial charge in [0.05, 0.1) is 6.10 Å². The molecule has 0 saturated heterocycles. The summed E-state index contributed by atoms with van der Waals surface area (Å²) >= 11 is 0. The first-order valence-corrected chi connectivity index (χ1v) is 9.32. The molecule has 0 bridgehead atoms. The number of aryl methyl sites for hydroxylation is 1. The second-order valence-electron chi connectivity index (χ2n) is 6.66. The fourth-order valence-corrected chi connectivity index (χ4v) is 2.81. The number of nitrogens with zero attached hydrogens (tertiary/aromatic N) is 2. The van der Waals surface area contributed by atoms with E-state index in [1.54, 1.807) is 0 Å². The van der Waals surface area contributed by atoms with Crippen LogP contribution in [0.2, 0.25) is 0 Å². The molecule has 0 spiro atoms. The van der Waals surface area contributed by atoms with Gasteiger partial charge in [0.2, 0.25) is 17.6 Å². The van der Waals surface area contributed by atoms with Crippen LogP contribution in [-0.2, 0) is 16.0 Å². The van der Waals surface area contributed by atoms with Gasteiger partial charge in [0, 0.05) is 31.6 Å². The van der Waals surface area contributed by atoms with E-state index in [-0.39, 0.29) is 12.0 Å². The maximum Gasteiger partial charge on any atom is 0.227 e. The Hall–Kier alpha value is -2.73. The molecule has 1 amide bonds. The molecular weight excluding hydrogens is 342 g/mol. The maximum atomic E-state index is 11.9. The predicted octanol–water partition coefficient (Wildman–Crippen LogP) is 3.75. The minimum Gasteiger partial charge on any atom is -0.379 e. The number of hydrogen-bond donors (Lipinski definition) is 1. The van der Waals surface area contributed by atoms with E-state index >= 15 is 0 Å². The number of carbonyl (C=O) groups is 1. The van der Waals surface area contributed by atoms with E-state index in [1.807, 2.05) is 44.2 Å². The van der Waals surface area contributed by atoms with Gasteiger partial charge in [0.25, 0.3) is 0 Å². The van der Waals surface area contributed by atoms with Crippen molar-refractivity contribution in [3.8, 4) is 11.4 Å². The smallest absolute Gasteiger partial charge is 0.227 e. The SMILES string of the molecule is CC(C)OCCCNC(=O)CCc1nc(-c2cccc3ccccc23)no1. The number of amides is 1. The molecule has 1 heterocycles. The summed E-state index contributed by atoms with van der Waals surface area (Å²) in [5.41, 5.74) is 0.928. The van der Waals surface area contributed by atoms with Gasteiger partial charge in [-0.2, -0.15) is 4.98 Å². The molecule has 1 aromatic heterocycles. The van der Waals surface area contributed by atoms with Gasteiger partial charge >= 0.3 is 0 Å². The van der Waals surface area contributed by atoms with E-state index in [0.717, 1.165) is 22.8 Å². The quantitative estimate of drug-likeness (QED) is 0.583. The van der Waals surface area contributed by atoms with Crippen molar-refractivity contribution in [2.24, 2.45) is 0 Å². The molecule has 0 unspecified atom stereocenters. The van der Waals surface area contributed by atoms with Crippen molar-refractivity contribution < 1.29 is 14.1 Å². The first-order chi connectivity index (χ1) is 13.1. The third-order valence-electron chi connectivity index (χ3n) is 4.16. The van der Waals surface area contributed by atoms with Gasteiger partial charge in [-0.25, -0.2) is 0 Å². The monoisotopic (exact) mass is 367 g/mol. The number of ether oxygens (including phenoxy) is 1. The molecule has 142 valence electrons. The molecule has 0 aliphatic rings. The highest BCUT2D eigenvalue weighted by Gasteiger charge is 2.12. The minimum absolute atomic E-state index is 0.0237. The van der Waals surface area contributed by atoms with Crippen molar-refractivity contribution in [3.63, 3.8) is 0 Å². The van der Waals surface area contributed by atoms with Gasteiger partial charge in [0.1, 0.15) is 0 Å². The summed E-state index contributed by atoms with van der Waals surface area (Å²) in [6.07, 6.45) is 1.76. The van der Waals surface area contributed by atoms with Crippen LogP contribution >= 0.6 is 0 Å². The Morgan fingerprint density at radius 1 is 1.19 bits per heavy atom. The van der Waals surface area contributed by atoms with Crippen LogP contribution in [0.4, 0.5) is 0 Å². The third kappa shape index (κ3) is 5.37. The Morgan fingerprint density at radius 3 is 2.85 bits per heavy atom. The highest BCUT2D eigenvalue weighted by Crippen LogP contribution is 2.26. The second-order valence-corrected chi connectivity index (χ2v) is 6.66. The van der Waals surface area contributed by atoms with E-state index in [9.17, 15) is 4.79 Å². The lowest BCUT2D eigenvalue weighted by atomic mass is 10.0. The van der Waals surface area contributed by atoms with Crippen LogP contribution in [0, 0.1) is 0 Å². The zero-order valence-corrected chi connectivity index (χ0v) is 15.8. The van der Waals surface area contributed by atoms with Crippen molar-refractivity contribution in [2.45, 2.75) is 39.2 Å². The van der Waals surface area contributed by atoms with Gasteiger partial charge < -0.3 is 14.6 Å². The van der Waals surface area contributed by atoms with E-state index in [0.29, 0.717) is 37.7 Å². The molecule has 1 N–H and O–H groups in total. The van der Waals surface area contributed by atoms with Gasteiger partial charge in [0.15, 0.2) is 0 Å². The molecule has 6 heteroatoms. The fraction of sp³-hybridized carbons (Fsp3) is 0.381. The van der Waals surface area contributed by atoms with Gasteiger partial charge in [-0.3, -0.25) is 4.79 Å². The molecule has 0 aliphatic heterocycles. The molecule has 27 heavy (non-hydrogen) atoms. The molecular formula is C21H25N3O3. The number of hydrogen-bond acceptors (Lipinski definition) is 5. The largest absolute Gasteiger partial charge is 0.379 e. The zero-order chi connectivity index (χ0) is 19.1. The molecule has 0 fully saturated rings. The number of aromatic nitrogens is 2. The van der Waals surface area contributed by atoms with E-state index < -0.39 is 0 Å². The molecule has 2 aromatic carbocycles. The summed E-state index contributed by atoms with van der Waals surface area (Å²) in [7, 11) is 0. The molecule has 0 aliphatic carbocycles. The first-order valence-electron chi connectivity index (χ1n) is 9.32. The van der Waals surface area contributed by atoms with Crippen molar-refractivity contribution in [1.82, 2.24) is 15.5 Å². The van der Waals surface area contributed by atoms with Crippen LogP contribution < -0.4 is 5.32 Å². The number of benzene rings is 2. The topological polar surface area (TPSA) is 77.2 Å². The van der Waals surface area contributed by atoms with Crippen molar-refractivity contribution in [2.75, 3.05) is 13.2 Å². The first kappa shape index (κ1) is 19.0. The van der Waals surface area contributed by atoms with Crippen molar-refractivity contribution in [1.29, 1.82) is 0 Å². The minimum atomic E-state index is -0.0237. The van der Waals surface area contributed by atoms with E-state index in [2.05, 4.69) is 27.6 Å². The van der Waals surface area contributed by atoms with Crippen molar-refractivity contribution in [3.05, 3.63) is 48.4 Å². The van der Waals surface area contributed by atoms with Gasteiger partial charge in [-0.1, -0.05) is 47.6 Å². The summed E-state index contributed by atoms with van der Waals surface area (Å²) in [5.74, 6) is 0.994. The average molecular weight is 367 g/mol. The van der Waals surface area contributed by atoms with Crippen LogP contribution in [0.1, 0.15) is 32.6 Å². The molecule has 3 rings (SSSR count). The lowest BCUT2D eigenvalue weighted by Crippen LogP contribution is -2.25. The van der Waals surface area contributed by atoms with Crippen molar-refractivity contribution >= 4 is 16.7 Å². The summed E-state index contributed by atoms with van der Waals surface area (Å²) in [6, 6.07) is 14.1. The number of rotatable bonds is 9. The summed E-state index contributed by atoms with van der Waals surface area (Å²) in [4.78, 5) is 16.4. The zero-order valence-electron chi connectivity index (χ0n) is 15.8. The fourth-order valence-electron chi connectivity index (χ4n) is 2.81. The Labute approximate surface area is 158 Å². The highest BCUT2D eigenvalue weighted by molar-refractivity contribution is 5.94. The van der Waals surface area contributed by atoms with Crippen LogP contribution in [0.25, 0.3) is 22.2 Å². The number of carbonyl (C=O) groups excluding carboxylic acids is 1. The van der Waals surface area contributed by atoms with Gasteiger partial charge in [-0.15, -0.1) is 0 Å². The number of fused-ring (bicyclic) bond motifs is 1. The summed E-state index contributed by atoms with van der Waals surface area (Å²) in [6.45, 7) is 5.25. The highest BCUT2D eigenvalue weighted by atomic mass is 16.5. The second kappa shape index (κ2) is 9.28. The number of nitrogens with one attached hydrogen (secondary N) is 1. The Kier molecular flexibility index (Phi) is 6.54. The van der Waals surface area contributed by atoms with Crippen LogP contribution in [0.3, 0.4) is 0 Å². The molecule has 0 radical (unpaired) electrons. The Morgan fingerprint density at radius 2 is 2.00 bits per heavy atom. The maximum absolute atomic E-state index is 11.9. The van der Waals surface area contributed by atoms with E-state index in [1.165, 1.54) is 0 Å². The van der Waals surface area contributed by atoms with Crippen LogP contribution in [0.5, 0.6) is 0 Å². The predicted molar refractivity (Wildman–Crippen MR) is 104 cm³/mol.